The maximum atomic E-state index is 12.4. The third-order valence-corrected chi connectivity index (χ3v) is 4.35. The molecule has 0 saturated carbocycles. The van der Waals surface area contributed by atoms with Gasteiger partial charge in [0.05, 0.1) is 18.5 Å². The molecule has 1 aliphatic rings. The molecular weight excluding hydrogens is 330 g/mol. The minimum absolute atomic E-state index is 0.197. The molecule has 1 N–H and O–H groups in total. The summed E-state index contributed by atoms with van der Waals surface area (Å²) >= 11 is 0. The summed E-state index contributed by atoms with van der Waals surface area (Å²) in [6.45, 7) is 4.56. The highest BCUT2D eigenvalue weighted by atomic mass is 16.5. The van der Waals surface area contributed by atoms with Crippen LogP contribution < -0.4 is 14.8 Å². The Balaban J connectivity index is 1.57. The van der Waals surface area contributed by atoms with Crippen LogP contribution in [0.4, 0.5) is 5.69 Å². The fourth-order valence-electron chi connectivity index (χ4n) is 2.89. The monoisotopic (exact) mass is 355 g/mol. The minimum atomic E-state index is -0.197. The van der Waals surface area contributed by atoms with Gasteiger partial charge in [-0.15, -0.1) is 0 Å². The molecule has 1 aliphatic heterocycles. The van der Waals surface area contributed by atoms with Crippen molar-refractivity contribution < 1.29 is 14.3 Å². The van der Waals surface area contributed by atoms with Crippen molar-refractivity contribution in [1.29, 1.82) is 0 Å². The second-order valence-electron chi connectivity index (χ2n) is 6.42. The van der Waals surface area contributed by atoms with Gasteiger partial charge in [-0.3, -0.25) is 4.79 Å². The van der Waals surface area contributed by atoms with E-state index in [1.54, 1.807) is 30.5 Å². The number of anilines is 1. The number of nitrogens with one attached hydrogen (secondary N) is 1. The van der Waals surface area contributed by atoms with Crippen LogP contribution in [0.5, 0.6) is 11.6 Å². The molecule has 1 fully saturated rings. The normalized spacial score (nSPS) is 15.5. The molecule has 1 aromatic carbocycles. The van der Waals surface area contributed by atoms with Crippen LogP contribution in [0.25, 0.3) is 0 Å². The van der Waals surface area contributed by atoms with E-state index in [4.69, 9.17) is 9.47 Å². The largest absolute Gasteiger partial charge is 0.494 e. The maximum Gasteiger partial charge on any atom is 0.255 e. The van der Waals surface area contributed by atoms with Gasteiger partial charge in [-0.25, -0.2) is 4.98 Å². The van der Waals surface area contributed by atoms with E-state index in [1.807, 2.05) is 19.1 Å². The van der Waals surface area contributed by atoms with Crippen LogP contribution in [-0.2, 0) is 0 Å². The fraction of sp³-hybridized carbons (Fsp3) is 0.400. The van der Waals surface area contributed by atoms with Crippen molar-refractivity contribution in [1.82, 2.24) is 9.88 Å². The Bertz CT molecular complexity index is 725. The summed E-state index contributed by atoms with van der Waals surface area (Å²) in [6.07, 6.45) is 3.84. The SMILES string of the molecule is CCOc1cccc(C(=O)Nc2ccc(OC3CCN(C)CC3)nc2)c1. The topological polar surface area (TPSA) is 63.7 Å². The van der Waals surface area contributed by atoms with Gasteiger partial charge >= 0.3 is 0 Å². The van der Waals surface area contributed by atoms with Crippen LogP contribution in [0, 0.1) is 0 Å². The summed E-state index contributed by atoms with van der Waals surface area (Å²) in [5.74, 6) is 1.08. The molecule has 3 rings (SSSR count). The molecular formula is C20H25N3O3. The Hall–Kier alpha value is -2.60. The van der Waals surface area contributed by atoms with Crippen molar-refractivity contribution in [3.8, 4) is 11.6 Å². The van der Waals surface area contributed by atoms with Crippen LogP contribution in [-0.4, -0.2) is 48.6 Å². The fourth-order valence-corrected chi connectivity index (χ4v) is 2.89. The van der Waals surface area contributed by atoms with Crippen molar-refractivity contribution in [2.45, 2.75) is 25.9 Å². The molecule has 1 amide bonds. The second kappa shape index (κ2) is 8.67. The zero-order valence-corrected chi connectivity index (χ0v) is 15.3. The first kappa shape index (κ1) is 18.2. The van der Waals surface area contributed by atoms with Crippen molar-refractivity contribution in [2.24, 2.45) is 0 Å². The molecule has 1 saturated heterocycles. The average Bonchev–Trinajstić information content (AvgIpc) is 2.66. The Morgan fingerprint density at radius 3 is 2.77 bits per heavy atom. The predicted octanol–water partition coefficient (Wildman–Crippen LogP) is 3.21. The number of amides is 1. The Labute approximate surface area is 154 Å². The van der Waals surface area contributed by atoms with E-state index < -0.39 is 0 Å². The molecule has 138 valence electrons. The van der Waals surface area contributed by atoms with Gasteiger partial charge in [0.2, 0.25) is 5.88 Å². The molecule has 0 unspecified atom stereocenters. The van der Waals surface area contributed by atoms with E-state index in [1.165, 1.54) is 0 Å². The molecule has 0 radical (unpaired) electrons. The summed E-state index contributed by atoms with van der Waals surface area (Å²) in [5, 5.41) is 2.84. The molecule has 6 heteroatoms. The molecule has 6 nitrogen and oxygen atoms in total. The number of aromatic nitrogens is 1. The molecule has 2 aromatic rings. The number of carbonyl (C=O) groups excluding carboxylic acids is 1. The highest BCUT2D eigenvalue weighted by Gasteiger charge is 2.18. The van der Waals surface area contributed by atoms with Crippen LogP contribution >= 0.6 is 0 Å². The third-order valence-electron chi connectivity index (χ3n) is 4.35. The zero-order valence-electron chi connectivity index (χ0n) is 15.3. The molecule has 2 heterocycles. The van der Waals surface area contributed by atoms with E-state index in [0.717, 1.165) is 25.9 Å². The number of carbonyl (C=O) groups is 1. The second-order valence-corrected chi connectivity index (χ2v) is 6.42. The first-order chi connectivity index (χ1) is 12.6. The van der Waals surface area contributed by atoms with E-state index in [9.17, 15) is 4.79 Å². The van der Waals surface area contributed by atoms with Crippen molar-refractivity contribution in [2.75, 3.05) is 32.1 Å². The Kier molecular flexibility index (Phi) is 6.07. The van der Waals surface area contributed by atoms with Crippen LogP contribution in [0.15, 0.2) is 42.6 Å². The lowest BCUT2D eigenvalue weighted by molar-refractivity contribution is 0.102. The molecule has 0 bridgehead atoms. The van der Waals surface area contributed by atoms with Crippen molar-refractivity contribution in [3.63, 3.8) is 0 Å². The molecule has 26 heavy (non-hydrogen) atoms. The van der Waals surface area contributed by atoms with Crippen LogP contribution in [0.1, 0.15) is 30.1 Å². The quantitative estimate of drug-likeness (QED) is 0.862. The lowest BCUT2D eigenvalue weighted by atomic mass is 10.1. The number of hydrogen-bond donors (Lipinski definition) is 1. The predicted molar refractivity (Wildman–Crippen MR) is 101 cm³/mol. The molecule has 0 atom stereocenters. The lowest BCUT2D eigenvalue weighted by Gasteiger charge is -2.28. The Morgan fingerprint density at radius 2 is 2.08 bits per heavy atom. The van der Waals surface area contributed by atoms with Gasteiger partial charge in [-0.2, -0.15) is 0 Å². The van der Waals surface area contributed by atoms with Gasteiger partial charge in [0, 0.05) is 24.7 Å². The maximum absolute atomic E-state index is 12.4. The minimum Gasteiger partial charge on any atom is -0.494 e. The standard InChI is InChI=1S/C20H25N3O3/c1-3-25-18-6-4-5-15(13-18)20(24)22-16-7-8-19(21-14-16)26-17-9-11-23(2)12-10-17/h4-8,13-14,17H,3,9-12H2,1-2H3,(H,22,24). The lowest BCUT2D eigenvalue weighted by Crippen LogP contribution is -2.35. The summed E-state index contributed by atoms with van der Waals surface area (Å²) in [4.78, 5) is 19.0. The number of piperidine rings is 1. The summed E-state index contributed by atoms with van der Waals surface area (Å²) in [5.41, 5.74) is 1.18. The first-order valence-electron chi connectivity index (χ1n) is 8.99. The van der Waals surface area contributed by atoms with Gasteiger partial charge in [-0.1, -0.05) is 6.07 Å². The third kappa shape index (κ3) is 4.95. The van der Waals surface area contributed by atoms with Crippen molar-refractivity contribution in [3.05, 3.63) is 48.2 Å². The number of rotatable bonds is 6. The van der Waals surface area contributed by atoms with Gasteiger partial charge < -0.3 is 19.7 Å². The summed E-state index contributed by atoms with van der Waals surface area (Å²) in [7, 11) is 2.12. The Morgan fingerprint density at radius 1 is 1.27 bits per heavy atom. The number of likely N-dealkylation sites (tertiary alicyclic amines) is 1. The highest BCUT2D eigenvalue weighted by Crippen LogP contribution is 2.19. The summed E-state index contributed by atoms with van der Waals surface area (Å²) < 4.78 is 11.4. The number of pyridine rings is 1. The smallest absolute Gasteiger partial charge is 0.255 e. The van der Waals surface area contributed by atoms with Crippen LogP contribution in [0.2, 0.25) is 0 Å². The van der Waals surface area contributed by atoms with Crippen molar-refractivity contribution >= 4 is 11.6 Å². The van der Waals surface area contributed by atoms with E-state index in [0.29, 0.717) is 29.5 Å². The number of ether oxygens (including phenoxy) is 2. The number of benzene rings is 1. The highest BCUT2D eigenvalue weighted by molar-refractivity contribution is 6.04. The molecule has 0 aliphatic carbocycles. The van der Waals surface area contributed by atoms with Gasteiger partial charge in [-0.05, 0) is 51.1 Å². The van der Waals surface area contributed by atoms with Gasteiger partial charge in [0.25, 0.3) is 5.91 Å². The summed E-state index contributed by atoms with van der Waals surface area (Å²) in [6, 6.07) is 10.7. The van der Waals surface area contributed by atoms with Gasteiger partial charge in [0.1, 0.15) is 11.9 Å². The van der Waals surface area contributed by atoms with Gasteiger partial charge in [0.15, 0.2) is 0 Å². The van der Waals surface area contributed by atoms with Crippen LogP contribution in [0.3, 0.4) is 0 Å². The number of hydrogen-bond acceptors (Lipinski definition) is 5. The molecule has 1 aromatic heterocycles. The number of nitrogens with zero attached hydrogens (tertiary/aromatic N) is 2. The first-order valence-corrected chi connectivity index (χ1v) is 8.99. The zero-order chi connectivity index (χ0) is 18.4. The van der Waals surface area contributed by atoms with E-state index >= 15 is 0 Å². The average molecular weight is 355 g/mol. The van der Waals surface area contributed by atoms with E-state index in [2.05, 4.69) is 22.2 Å². The van der Waals surface area contributed by atoms with E-state index in [-0.39, 0.29) is 12.0 Å². The molecule has 0 spiro atoms.